The molecule has 2 aromatic carbocycles. The summed E-state index contributed by atoms with van der Waals surface area (Å²) in [6.07, 6.45) is 0.275. The van der Waals surface area contributed by atoms with Crippen LogP contribution in [0.4, 0.5) is 16.2 Å². The lowest BCUT2D eigenvalue weighted by atomic mass is 10.2. The van der Waals surface area contributed by atoms with Gasteiger partial charge in [0, 0.05) is 50.5 Å². The first-order valence-electron chi connectivity index (χ1n) is 10.4. The van der Waals surface area contributed by atoms with Crippen LogP contribution in [0.5, 0.6) is 17.2 Å². The number of nitrogens with zero attached hydrogens (tertiary/aromatic N) is 2. The van der Waals surface area contributed by atoms with Crippen LogP contribution in [-0.4, -0.2) is 71.7 Å². The standard InChI is InChI=1S/C23H31N3O5/c1-28-20-16-18(17-21(29-2)22(20)30-3)24-23(27)31-15-7-10-25-11-13-26(14-12-25)19-8-5-4-6-9-19/h4-6,8-9,16-17H,7,10-15H2,1-3H3,(H,24,27). The quantitative estimate of drug-likeness (QED) is 0.612. The van der Waals surface area contributed by atoms with E-state index in [-0.39, 0.29) is 0 Å². The number of hydrogen-bond acceptors (Lipinski definition) is 7. The van der Waals surface area contributed by atoms with Gasteiger partial charge in [-0.15, -0.1) is 0 Å². The maximum absolute atomic E-state index is 12.2. The van der Waals surface area contributed by atoms with Crippen LogP contribution in [0.1, 0.15) is 6.42 Å². The van der Waals surface area contributed by atoms with E-state index in [1.165, 1.54) is 27.0 Å². The molecule has 1 fully saturated rings. The van der Waals surface area contributed by atoms with Crippen molar-refractivity contribution in [2.75, 3.05) is 70.9 Å². The Balaban J connectivity index is 1.38. The summed E-state index contributed by atoms with van der Waals surface area (Å²) in [6.45, 7) is 5.29. The van der Waals surface area contributed by atoms with Crippen LogP contribution in [0.25, 0.3) is 0 Å². The van der Waals surface area contributed by atoms with E-state index in [1.807, 2.05) is 6.07 Å². The normalized spacial score (nSPS) is 14.1. The highest BCUT2D eigenvalue weighted by Crippen LogP contribution is 2.39. The fourth-order valence-corrected chi connectivity index (χ4v) is 3.63. The highest BCUT2D eigenvalue weighted by atomic mass is 16.5. The van der Waals surface area contributed by atoms with Crippen molar-refractivity contribution in [1.82, 2.24) is 4.90 Å². The lowest BCUT2D eigenvalue weighted by Crippen LogP contribution is -2.46. The van der Waals surface area contributed by atoms with Gasteiger partial charge in [0.1, 0.15) is 0 Å². The largest absolute Gasteiger partial charge is 0.493 e. The molecule has 0 unspecified atom stereocenters. The summed E-state index contributed by atoms with van der Waals surface area (Å²) in [5.74, 6) is 1.40. The first kappa shape index (κ1) is 22.6. The molecule has 8 heteroatoms. The van der Waals surface area contributed by atoms with Crippen molar-refractivity contribution in [2.45, 2.75) is 6.42 Å². The Morgan fingerprint density at radius 1 is 0.935 bits per heavy atom. The number of rotatable bonds is 9. The maximum Gasteiger partial charge on any atom is 0.411 e. The summed E-state index contributed by atoms with van der Waals surface area (Å²) in [7, 11) is 4.58. The van der Waals surface area contributed by atoms with E-state index >= 15 is 0 Å². The van der Waals surface area contributed by atoms with Gasteiger partial charge in [-0.3, -0.25) is 10.2 Å². The second-order valence-corrected chi connectivity index (χ2v) is 7.19. The highest BCUT2D eigenvalue weighted by Gasteiger charge is 2.17. The molecule has 0 aliphatic carbocycles. The third kappa shape index (κ3) is 6.18. The number of hydrogen-bond donors (Lipinski definition) is 1. The third-order valence-electron chi connectivity index (χ3n) is 5.26. The molecule has 1 aliphatic rings. The number of nitrogens with one attached hydrogen (secondary N) is 1. The Bertz CT molecular complexity index is 813. The molecule has 3 rings (SSSR count). The number of para-hydroxylation sites is 1. The molecule has 0 aromatic heterocycles. The van der Waals surface area contributed by atoms with E-state index in [1.54, 1.807) is 12.1 Å². The molecule has 31 heavy (non-hydrogen) atoms. The first-order valence-corrected chi connectivity index (χ1v) is 10.4. The van der Waals surface area contributed by atoms with E-state index in [4.69, 9.17) is 18.9 Å². The van der Waals surface area contributed by atoms with E-state index in [2.05, 4.69) is 39.4 Å². The minimum atomic E-state index is -0.511. The predicted octanol–water partition coefficient (Wildman–Crippen LogP) is 3.47. The zero-order valence-corrected chi connectivity index (χ0v) is 18.4. The van der Waals surface area contributed by atoms with Gasteiger partial charge in [0.15, 0.2) is 11.5 Å². The molecule has 0 radical (unpaired) electrons. The van der Waals surface area contributed by atoms with Crippen molar-refractivity contribution in [3.05, 3.63) is 42.5 Å². The van der Waals surface area contributed by atoms with Gasteiger partial charge < -0.3 is 23.8 Å². The molecule has 0 bridgehead atoms. The van der Waals surface area contributed by atoms with Crippen molar-refractivity contribution in [2.24, 2.45) is 0 Å². The summed E-state index contributed by atoms with van der Waals surface area (Å²) in [6, 6.07) is 13.8. The number of methoxy groups -OCH3 is 3. The van der Waals surface area contributed by atoms with Gasteiger partial charge >= 0.3 is 6.09 Å². The zero-order valence-electron chi connectivity index (χ0n) is 18.4. The van der Waals surface area contributed by atoms with Crippen LogP contribution >= 0.6 is 0 Å². The highest BCUT2D eigenvalue weighted by molar-refractivity contribution is 5.86. The number of amides is 1. The van der Waals surface area contributed by atoms with Crippen LogP contribution in [-0.2, 0) is 4.74 Å². The van der Waals surface area contributed by atoms with E-state index in [0.717, 1.165) is 39.1 Å². The molecule has 1 N–H and O–H groups in total. The van der Waals surface area contributed by atoms with Crippen LogP contribution in [0.15, 0.2) is 42.5 Å². The van der Waals surface area contributed by atoms with E-state index in [0.29, 0.717) is 29.5 Å². The average Bonchev–Trinajstić information content (AvgIpc) is 2.82. The molecular formula is C23H31N3O5. The molecule has 1 heterocycles. The molecule has 8 nitrogen and oxygen atoms in total. The van der Waals surface area contributed by atoms with Crippen LogP contribution < -0.4 is 24.4 Å². The van der Waals surface area contributed by atoms with Gasteiger partial charge in [-0.05, 0) is 18.6 Å². The lowest BCUT2D eigenvalue weighted by Gasteiger charge is -2.36. The van der Waals surface area contributed by atoms with Crippen LogP contribution in [0, 0.1) is 0 Å². The van der Waals surface area contributed by atoms with Crippen molar-refractivity contribution in [3.63, 3.8) is 0 Å². The van der Waals surface area contributed by atoms with Gasteiger partial charge in [-0.25, -0.2) is 4.79 Å². The van der Waals surface area contributed by atoms with Crippen LogP contribution in [0.3, 0.4) is 0 Å². The van der Waals surface area contributed by atoms with Gasteiger partial charge in [0.2, 0.25) is 5.75 Å². The van der Waals surface area contributed by atoms with Gasteiger partial charge in [0.05, 0.1) is 33.6 Å². The van der Waals surface area contributed by atoms with Crippen molar-refractivity contribution < 1.29 is 23.7 Å². The van der Waals surface area contributed by atoms with E-state index in [9.17, 15) is 4.79 Å². The third-order valence-corrected chi connectivity index (χ3v) is 5.26. The summed E-state index contributed by atoms with van der Waals surface area (Å²) >= 11 is 0. The average molecular weight is 430 g/mol. The van der Waals surface area contributed by atoms with E-state index < -0.39 is 6.09 Å². The molecule has 1 amide bonds. The molecule has 0 saturated carbocycles. The summed E-state index contributed by atoms with van der Waals surface area (Å²) < 4.78 is 21.2. The summed E-state index contributed by atoms with van der Waals surface area (Å²) in [4.78, 5) is 17.0. The number of carbonyl (C=O) groups is 1. The number of benzene rings is 2. The monoisotopic (exact) mass is 429 g/mol. The first-order chi connectivity index (χ1) is 15.1. The Labute approximate surface area is 183 Å². The SMILES string of the molecule is COc1cc(NC(=O)OCCCN2CCN(c3ccccc3)CC2)cc(OC)c1OC. The Kier molecular flexibility index (Phi) is 8.23. The van der Waals surface area contributed by atoms with Crippen molar-refractivity contribution in [1.29, 1.82) is 0 Å². The molecule has 1 aliphatic heterocycles. The molecular weight excluding hydrogens is 398 g/mol. The van der Waals surface area contributed by atoms with Gasteiger partial charge in [-0.1, -0.05) is 18.2 Å². The topological polar surface area (TPSA) is 72.5 Å². The minimum Gasteiger partial charge on any atom is -0.493 e. The second-order valence-electron chi connectivity index (χ2n) is 7.19. The molecule has 1 saturated heterocycles. The summed E-state index contributed by atoms with van der Waals surface area (Å²) in [5.41, 5.74) is 1.78. The fourth-order valence-electron chi connectivity index (χ4n) is 3.63. The Morgan fingerprint density at radius 2 is 1.58 bits per heavy atom. The number of piperazine rings is 1. The second kappa shape index (κ2) is 11.3. The minimum absolute atomic E-state index is 0.356. The fraction of sp³-hybridized carbons (Fsp3) is 0.435. The Morgan fingerprint density at radius 3 is 2.16 bits per heavy atom. The number of anilines is 2. The molecule has 0 spiro atoms. The Hall–Kier alpha value is -3.13. The molecule has 168 valence electrons. The van der Waals surface area contributed by atoms with Gasteiger partial charge in [0.25, 0.3) is 0 Å². The maximum atomic E-state index is 12.2. The molecule has 2 aromatic rings. The number of ether oxygens (including phenoxy) is 4. The van der Waals surface area contributed by atoms with Crippen molar-refractivity contribution >= 4 is 17.5 Å². The van der Waals surface area contributed by atoms with Crippen molar-refractivity contribution in [3.8, 4) is 17.2 Å². The molecule has 0 atom stereocenters. The predicted molar refractivity (Wildman–Crippen MR) is 121 cm³/mol. The van der Waals surface area contributed by atoms with Gasteiger partial charge in [-0.2, -0.15) is 0 Å². The summed E-state index contributed by atoms with van der Waals surface area (Å²) in [5, 5.41) is 2.71. The number of carbonyl (C=O) groups excluding carboxylic acids is 1. The smallest absolute Gasteiger partial charge is 0.411 e. The zero-order chi connectivity index (χ0) is 22.1. The van der Waals surface area contributed by atoms with Crippen LogP contribution in [0.2, 0.25) is 0 Å². The lowest BCUT2D eigenvalue weighted by molar-refractivity contribution is 0.151.